The van der Waals surface area contributed by atoms with E-state index in [1.807, 2.05) is 0 Å². The molecule has 8 heteroatoms. The van der Waals surface area contributed by atoms with E-state index in [9.17, 15) is 24.8 Å². The number of thioether (sulfide) groups is 1. The van der Waals surface area contributed by atoms with Gasteiger partial charge in [0, 0.05) is 22.7 Å². The van der Waals surface area contributed by atoms with Gasteiger partial charge < -0.3 is 10.0 Å². The normalized spacial score (nSPS) is 21.4. The van der Waals surface area contributed by atoms with Gasteiger partial charge in [-0.2, -0.15) is 0 Å². The van der Waals surface area contributed by atoms with E-state index in [1.165, 1.54) is 40.9 Å². The largest absolute Gasteiger partial charge is 0.480 e. The summed E-state index contributed by atoms with van der Waals surface area (Å²) in [7, 11) is 0. The van der Waals surface area contributed by atoms with Crippen LogP contribution in [0.2, 0.25) is 0 Å². The van der Waals surface area contributed by atoms with Crippen LogP contribution >= 0.6 is 11.8 Å². The van der Waals surface area contributed by atoms with Crippen LogP contribution in [0, 0.1) is 10.1 Å². The summed E-state index contributed by atoms with van der Waals surface area (Å²) in [5.74, 6) is -2.16. The molecule has 0 aliphatic carbocycles. The van der Waals surface area contributed by atoms with Gasteiger partial charge in [0.2, 0.25) is 5.91 Å². The van der Waals surface area contributed by atoms with Crippen molar-refractivity contribution in [3.8, 4) is 0 Å². The number of aliphatic carboxylic acids is 1. The van der Waals surface area contributed by atoms with E-state index < -0.39 is 16.8 Å². The zero-order valence-electron chi connectivity index (χ0n) is 11.6. The number of allylic oxidation sites excluding steroid dienone is 1. The predicted octanol–water partition coefficient (Wildman–Crippen LogP) is 2.30. The molecule has 0 saturated carbocycles. The van der Waals surface area contributed by atoms with Crippen LogP contribution in [-0.2, 0) is 9.59 Å². The van der Waals surface area contributed by atoms with E-state index in [1.54, 1.807) is 6.92 Å². The molecule has 1 unspecified atom stereocenters. The molecule has 0 spiro atoms. The van der Waals surface area contributed by atoms with Crippen molar-refractivity contribution in [1.82, 2.24) is 4.90 Å². The maximum Gasteiger partial charge on any atom is 0.317 e. The Balaban J connectivity index is 2.00. The number of carbonyl (C=O) groups excluding carboxylic acids is 1. The predicted molar refractivity (Wildman–Crippen MR) is 79.0 cm³/mol. The summed E-state index contributed by atoms with van der Waals surface area (Å²) in [5, 5.41) is 20.3. The van der Waals surface area contributed by atoms with Crippen LogP contribution < -0.4 is 0 Å². The fourth-order valence-electron chi connectivity index (χ4n) is 2.75. The van der Waals surface area contributed by atoms with Gasteiger partial charge in [-0.25, -0.2) is 0 Å². The second-order valence-corrected chi connectivity index (χ2v) is 6.49. The summed E-state index contributed by atoms with van der Waals surface area (Å²) >= 11 is 1.49. The zero-order chi connectivity index (χ0) is 16.0. The minimum absolute atomic E-state index is 0.0117. The van der Waals surface area contributed by atoms with Crippen molar-refractivity contribution >= 4 is 29.3 Å². The first kappa shape index (κ1) is 14.6. The minimum Gasteiger partial charge on any atom is -0.480 e. The first-order chi connectivity index (χ1) is 10.4. The number of carbonyl (C=O) groups is 2. The molecule has 1 amide bonds. The van der Waals surface area contributed by atoms with Gasteiger partial charge in [-0.1, -0.05) is 12.1 Å². The van der Waals surface area contributed by atoms with Gasteiger partial charge in [-0.15, -0.1) is 11.8 Å². The van der Waals surface area contributed by atoms with Crippen molar-refractivity contribution < 1.29 is 19.6 Å². The van der Waals surface area contributed by atoms with E-state index in [2.05, 4.69) is 0 Å². The molecule has 2 heterocycles. The molecule has 0 bridgehead atoms. The Labute approximate surface area is 129 Å². The fourth-order valence-corrected chi connectivity index (χ4v) is 4.06. The molecule has 1 saturated heterocycles. The number of hydrogen-bond acceptors (Lipinski definition) is 5. The third-order valence-corrected chi connectivity index (χ3v) is 5.01. The number of nitrogens with zero attached hydrogens (tertiary/aromatic N) is 2. The second-order valence-electron chi connectivity index (χ2n) is 5.10. The highest BCUT2D eigenvalue weighted by atomic mass is 32.2. The van der Waals surface area contributed by atoms with Crippen LogP contribution in [0.4, 0.5) is 5.69 Å². The lowest BCUT2D eigenvalue weighted by atomic mass is 9.92. The van der Waals surface area contributed by atoms with Crippen LogP contribution in [0.25, 0.3) is 0 Å². The number of rotatable bonds is 4. The van der Waals surface area contributed by atoms with E-state index in [0.29, 0.717) is 17.7 Å². The molecule has 2 atom stereocenters. The van der Waals surface area contributed by atoms with Crippen LogP contribution in [-0.4, -0.2) is 32.2 Å². The Morgan fingerprint density at radius 3 is 2.59 bits per heavy atom. The number of amides is 1. The Hall–Kier alpha value is -2.35. The smallest absolute Gasteiger partial charge is 0.317 e. The Morgan fingerprint density at radius 2 is 2.09 bits per heavy atom. The summed E-state index contributed by atoms with van der Waals surface area (Å²) < 4.78 is 0. The van der Waals surface area contributed by atoms with Crippen molar-refractivity contribution in [3.63, 3.8) is 0 Å². The number of carboxylic acids is 1. The second kappa shape index (κ2) is 5.13. The Kier molecular flexibility index (Phi) is 3.40. The molecule has 0 aromatic heterocycles. The number of hydrogen-bond donors (Lipinski definition) is 1. The molecule has 22 heavy (non-hydrogen) atoms. The molecule has 2 aliphatic rings. The lowest BCUT2D eigenvalue weighted by Crippen LogP contribution is -2.48. The van der Waals surface area contributed by atoms with Crippen LogP contribution in [0.15, 0.2) is 34.9 Å². The van der Waals surface area contributed by atoms with Gasteiger partial charge in [0.15, 0.2) is 0 Å². The molecule has 2 aliphatic heterocycles. The van der Waals surface area contributed by atoms with Crippen LogP contribution in [0.1, 0.15) is 24.8 Å². The zero-order valence-corrected chi connectivity index (χ0v) is 12.4. The van der Waals surface area contributed by atoms with Gasteiger partial charge in [0.25, 0.3) is 5.69 Å². The van der Waals surface area contributed by atoms with Crippen molar-refractivity contribution in [2.24, 2.45) is 0 Å². The molecule has 7 nitrogen and oxygen atoms in total. The molecule has 1 N–H and O–H groups in total. The fraction of sp³-hybridized carbons (Fsp3) is 0.286. The number of nitro benzene ring substituents is 1. The number of non-ortho nitro benzene ring substituents is 1. The average molecular weight is 320 g/mol. The third-order valence-electron chi connectivity index (χ3n) is 3.80. The summed E-state index contributed by atoms with van der Waals surface area (Å²) in [6.45, 7) is 1.80. The molecule has 1 fully saturated rings. The lowest BCUT2D eigenvalue weighted by Gasteiger charge is -2.37. The molecular formula is C14H12N2O5S. The highest BCUT2D eigenvalue weighted by Crippen LogP contribution is 2.50. The topological polar surface area (TPSA) is 101 Å². The van der Waals surface area contributed by atoms with E-state index in [-0.39, 0.29) is 17.0 Å². The van der Waals surface area contributed by atoms with Crippen molar-refractivity contribution in [3.05, 3.63) is 50.5 Å². The molecule has 114 valence electrons. The van der Waals surface area contributed by atoms with Gasteiger partial charge >= 0.3 is 5.97 Å². The highest BCUT2D eigenvalue weighted by Gasteiger charge is 2.48. The highest BCUT2D eigenvalue weighted by molar-refractivity contribution is 8.04. The SMILES string of the molecule is CC1=C(C(C(=O)O)c2ccc([N+](=O)[O-])cc2)N2C(=O)C[C@@H]2S1. The molecule has 1 aromatic carbocycles. The number of fused-ring (bicyclic) bond motifs is 1. The number of benzene rings is 1. The average Bonchev–Trinajstić information content (AvgIpc) is 2.70. The monoisotopic (exact) mass is 320 g/mol. The maximum atomic E-state index is 11.8. The number of β-lactam (4-membered cyclic amide) rings is 1. The lowest BCUT2D eigenvalue weighted by molar-refractivity contribution is -0.384. The summed E-state index contributed by atoms with van der Waals surface area (Å²) in [5.41, 5.74) is 0.804. The van der Waals surface area contributed by atoms with Gasteiger partial charge in [0.05, 0.1) is 16.7 Å². The first-order valence-electron chi connectivity index (χ1n) is 6.57. The van der Waals surface area contributed by atoms with Crippen molar-refractivity contribution in [2.75, 3.05) is 0 Å². The van der Waals surface area contributed by atoms with E-state index in [4.69, 9.17) is 0 Å². The Morgan fingerprint density at radius 1 is 1.45 bits per heavy atom. The summed E-state index contributed by atoms with van der Waals surface area (Å²) in [4.78, 5) is 36.0. The van der Waals surface area contributed by atoms with Crippen molar-refractivity contribution in [2.45, 2.75) is 24.6 Å². The van der Waals surface area contributed by atoms with Crippen molar-refractivity contribution in [1.29, 1.82) is 0 Å². The van der Waals surface area contributed by atoms with E-state index >= 15 is 0 Å². The third kappa shape index (κ3) is 2.16. The van der Waals surface area contributed by atoms with Gasteiger partial charge in [-0.3, -0.25) is 19.7 Å². The number of carboxylic acid groups (broad SMARTS) is 1. The first-order valence-corrected chi connectivity index (χ1v) is 7.44. The maximum absolute atomic E-state index is 11.8. The minimum atomic E-state index is -1.08. The quantitative estimate of drug-likeness (QED) is 0.519. The summed E-state index contributed by atoms with van der Waals surface area (Å²) in [6, 6.07) is 5.41. The molecular weight excluding hydrogens is 308 g/mol. The van der Waals surface area contributed by atoms with Gasteiger partial charge in [-0.05, 0) is 12.5 Å². The standard InChI is InChI=1S/C14H12N2O5S/c1-7-13(15-10(17)6-11(15)22-7)12(14(18)19)8-2-4-9(5-3-8)16(20)21/h2-5,11-12H,6H2,1H3,(H,18,19)/t11-,12?/m0/s1. The summed E-state index contributed by atoms with van der Waals surface area (Å²) in [6.07, 6.45) is 0.415. The Bertz CT molecular complexity index is 712. The van der Waals surface area contributed by atoms with Gasteiger partial charge in [0.1, 0.15) is 5.92 Å². The number of nitro groups is 1. The molecule has 3 rings (SSSR count). The van der Waals surface area contributed by atoms with Crippen LogP contribution in [0.3, 0.4) is 0 Å². The molecule has 1 aromatic rings. The van der Waals surface area contributed by atoms with Crippen LogP contribution in [0.5, 0.6) is 0 Å². The van der Waals surface area contributed by atoms with E-state index in [0.717, 1.165) is 4.91 Å². The molecule has 0 radical (unpaired) electrons.